The van der Waals surface area contributed by atoms with E-state index >= 15 is 0 Å². The first-order valence-corrected chi connectivity index (χ1v) is 11.1. The summed E-state index contributed by atoms with van der Waals surface area (Å²) in [6, 6.07) is 14.1. The third-order valence-corrected chi connectivity index (χ3v) is 5.80. The highest BCUT2D eigenvalue weighted by molar-refractivity contribution is 9.10. The molecular weight excluding hydrogens is 505 g/mol. The number of hydrogen-bond acceptors (Lipinski definition) is 5. The van der Waals surface area contributed by atoms with Crippen molar-refractivity contribution >= 4 is 15.9 Å². The normalized spacial score (nSPS) is 16.2. The standard InChI is InChI=1S/C23H22BrF3N2O4/c1-30-20-11-16(7-8-19(20)33-23(25,26)27)22-28-21(24)18-9-10-32-17(12-29(18)22)14-31-13-15-5-3-2-4-6-15/h2-8,11,17H,9-10,12-14H2,1H3/t17-/m0/s1. The Morgan fingerprint density at radius 3 is 2.67 bits per heavy atom. The van der Waals surface area contributed by atoms with Crippen LogP contribution in [-0.4, -0.2) is 42.3 Å². The second-order valence-corrected chi connectivity index (χ2v) is 8.19. The lowest BCUT2D eigenvalue weighted by Gasteiger charge is -2.18. The van der Waals surface area contributed by atoms with Gasteiger partial charge in [-0.25, -0.2) is 4.98 Å². The minimum absolute atomic E-state index is 0.0362. The van der Waals surface area contributed by atoms with Crippen LogP contribution >= 0.6 is 15.9 Å². The average Bonchev–Trinajstić information content (AvgIpc) is 2.95. The number of alkyl halides is 3. The van der Waals surface area contributed by atoms with Gasteiger partial charge in [0.15, 0.2) is 11.5 Å². The van der Waals surface area contributed by atoms with Gasteiger partial charge in [0.2, 0.25) is 0 Å². The number of rotatable bonds is 7. The summed E-state index contributed by atoms with van der Waals surface area (Å²) in [6.45, 7) is 1.86. The van der Waals surface area contributed by atoms with Gasteiger partial charge in [0, 0.05) is 12.0 Å². The molecule has 2 heterocycles. The summed E-state index contributed by atoms with van der Waals surface area (Å²) in [6.07, 6.45) is -4.38. The van der Waals surface area contributed by atoms with Crippen molar-refractivity contribution in [2.45, 2.75) is 32.0 Å². The largest absolute Gasteiger partial charge is 0.573 e. The first-order chi connectivity index (χ1) is 15.8. The maximum Gasteiger partial charge on any atom is 0.573 e. The van der Waals surface area contributed by atoms with Crippen molar-refractivity contribution in [2.24, 2.45) is 0 Å². The van der Waals surface area contributed by atoms with Gasteiger partial charge < -0.3 is 23.5 Å². The Kier molecular flexibility index (Phi) is 7.26. The lowest BCUT2D eigenvalue weighted by molar-refractivity contribution is -0.275. The van der Waals surface area contributed by atoms with Crippen LogP contribution in [0.15, 0.2) is 53.1 Å². The molecule has 0 spiro atoms. The molecule has 176 valence electrons. The molecule has 33 heavy (non-hydrogen) atoms. The average molecular weight is 527 g/mol. The zero-order chi connectivity index (χ0) is 23.4. The Morgan fingerprint density at radius 2 is 1.94 bits per heavy atom. The smallest absolute Gasteiger partial charge is 0.493 e. The summed E-state index contributed by atoms with van der Waals surface area (Å²) < 4.78 is 61.7. The molecule has 0 radical (unpaired) electrons. The van der Waals surface area contributed by atoms with Gasteiger partial charge in [0.1, 0.15) is 10.4 Å². The van der Waals surface area contributed by atoms with Crippen LogP contribution in [0.4, 0.5) is 13.2 Å². The van der Waals surface area contributed by atoms with Crippen LogP contribution in [0, 0.1) is 0 Å². The van der Waals surface area contributed by atoms with Crippen LogP contribution < -0.4 is 9.47 Å². The van der Waals surface area contributed by atoms with Gasteiger partial charge in [0.05, 0.1) is 45.3 Å². The molecule has 0 saturated carbocycles. The van der Waals surface area contributed by atoms with E-state index in [0.29, 0.717) is 48.8 Å². The van der Waals surface area contributed by atoms with Gasteiger partial charge in [-0.3, -0.25) is 0 Å². The topological polar surface area (TPSA) is 54.7 Å². The number of ether oxygens (including phenoxy) is 4. The van der Waals surface area contributed by atoms with E-state index in [2.05, 4.69) is 25.7 Å². The van der Waals surface area contributed by atoms with E-state index in [1.165, 1.54) is 25.3 Å². The van der Waals surface area contributed by atoms with E-state index in [4.69, 9.17) is 14.2 Å². The second-order valence-electron chi connectivity index (χ2n) is 7.44. The van der Waals surface area contributed by atoms with Crippen LogP contribution in [0.2, 0.25) is 0 Å². The summed E-state index contributed by atoms with van der Waals surface area (Å²) in [5.74, 6) is 0.143. The monoisotopic (exact) mass is 526 g/mol. The molecule has 0 saturated heterocycles. The Hall–Kier alpha value is -2.56. The maximum absolute atomic E-state index is 12.7. The lowest BCUT2D eigenvalue weighted by atomic mass is 10.2. The predicted molar refractivity (Wildman–Crippen MR) is 118 cm³/mol. The number of halogens is 4. The SMILES string of the molecule is COc1cc(-c2nc(Br)c3n2C[C@@H](COCc2ccccc2)OCC3)ccc1OC(F)(F)F. The molecule has 0 fully saturated rings. The fraction of sp³-hybridized carbons (Fsp3) is 0.348. The number of aromatic nitrogens is 2. The minimum atomic E-state index is -4.81. The van der Waals surface area contributed by atoms with Crippen molar-refractivity contribution in [2.75, 3.05) is 20.3 Å². The molecule has 1 aliphatic heterocycles. The van der Waals surface area contributed by atoms with Gasteiger partial charge in [0.25, 0.3) is 0 Å². The van der Waals surface area contributed by atoms with E-state index in [1.807, 2.05) is 34.9 Å². The number of fused-ring (bicyclic) bond motifs is 1. The van der Waals surface area contributed by atoms with Gasteiger partial charge in [-0.1, -0.05) is 30.3 Å². The van der Waals surface area contributed by atoms with E-state index in [-0.39, 0.29) is 11.9 Å². The molecule has 2 aromatic carbocycles. The lowest BCUT2D eigenvalue weighted by Crippen LogP contribution is -2.24. The van der Waals surface area contributed by atoms with Gasteiger partial charge in [-0.2, -0.15) is 0 Å². The number of nitrogens with zero attached hydrogens (tertiary/aromatic N) is 2. The van der Waals surface area contributed by atoms with Crippen molar-refractivity contribution in [1.82, 2.24) is 9.55 Å². The molecule has 3 aromatic rings. The number of imidazole rings is 1. The molecular formula is C23H22BrF3N2O4. The quantitative estimate of drug-likeness (QED) is 0.413. The fourth-order valence-electron chi connectivity index (χ4n) is 3.69. The van der Waals surface area contributed by atoms with Crippen LogP contribution in [0.5, 0.6) is 11.5 Å². The van der Waals surface area contributed by atoms with Gasteiger partial charge in [-0.15, -0.1) is 13.2 Å². The van der Waals surface area contributed by atoms with Crippen molar-refractivity contribution in [3.8, 4) is 22.9 Å². The molecule has 6 nitrogen and oxygen atoms in total. The molecule has 1 aliphatic rings. The molecule has 0 aliphatic carbocycles. The molecule has 1 atom stereocenters. The first kappa shape index (κ1) is 23.6. The first-order valence-electron chi connectivity index (χ1n) is 10.3. The van der Waals surface area contributed by atoms with Crippen molar-refractivity contribution in [3.05, 3.63) is 64.4 Å². The summed E-state index contributed by atoms with van der Waals surface area (Å²) in [5.41, 5.74) is 2.62. The van der Waals surface area contributed by atoms with Crippen LogP contribution in [-0.2, 0) is 29.0 Å². The molecule has 10 heteroatoms. The van der Waals surface area contributed by atoms with Crippen LogP contribution in [0.25, 0.3) is 11.4 Å². The maximum atomic E-state index is 12.7. The summed E-state index contributed by atoms with van der Waals surface area (Å²) in [5, 5.41) is 0. The number of methoxy groups -OCH3 is 1. The third-order valence-electron chi connectivity index (χ3n) is 5.17. The number of hydrogen-bond donors (Lipinski definition) is 0. The molecule has 0 unspecified atom stereocenters. The highest BCUT2D eigenvalue weighted by Gasteiger charge is 2.33. The van der Waals surface area contributed by atoms with E-state index in [1.54, 1.807) is 0 Å². The van der Waals surface area contributed by atoms with E-state index in [0.717, 1.165) is 11.3 Å². The molecule has 0 amide bonds. The van der Waals surface area contributed by atoms with E-state index < -0.39 is 12.1 Å². The van der Waals surface area contributed by atoms with Crippen LogP contribution in [0.1, 0.15) is 11.3 Å². The summed E-state index contributed by atoms with van der Waals surface area (Å²) in [7, 11) is 1.29. The molecule has 4 rings (SSSR count). The second kappa shape index (κ2) is 10.1. The van der Waals surface area contributed by atoms with Crippen molar-refractivity contribution in [1.29, 1.82) is 0 Å². The Bertz CT molecular complexity index is 1090. The highest BCUT2D eigenvalue weighted by Crippen LogP contribution is 2.37. The third kappa shape index (κ3) is 5.87. The Labute approximate surface area is 197 Å². The summed E-state index contributed by atoms with van der Waals surface area (Å²) in [4.78, 5) is 4.61. The molecule has 0 bridgehead atoms. The highest BCUT2D eigenvalue weighted by atomic mass is 79.9. The molecule has 1 aromatic heterocycles. The molecule has 0 N–H and O–H groups in total. The summed E-state index contributed by atoms with van der Waals surface area (Å²) >= 11 is 3.50. The van der Waals surface area contributed by atoms with Crippen molar-refractivity contribution < 1.29 is 32.1 Å². The fourth-order valence-corrected chi connectivity index (χ4v) is 4.27. The zero-order valence-corrected chi connectivity index (χ0v) is 19.4. The van der Waals surface area contributed by atoms with Gasteiger partial charge in [-0.05, 0) is 39.7 Å². The Balaban J connectivity index is 1.54. The zero-order valence-electron chi connectivity index (χ0n) is 17.8. The predicted octanol–water partition coefficient (Wildman–Crippen LogP) is 5.38. The van der Waals surface area contributed by atoms with Crippen LogP contribution in [0.3, 0.4) is 0 Å². The Morgan fingerprint density at radius 1 is 1.15 bits per heavy atom. The van der Waals surface area contributed by atoms with E-state index in [9.17, 15) is 13.2 Å². The van der Waals surface area contributed by atoms with Gasteiger partial charge >= 0.3 is 6.36 Å². The number of benzene rings is 2. The minimum Gasteiger partial charge on any atom is -0.493 e. The van der Waals surface area contributed by atoms with Crippen molar-refractivity contribution in [3.63, 3.8) is 0 Å².